The van der Waals surface area contributed by atoms with E-state index < -0.39 is 0 Å². The summed E-state index contributed by atoms with van der Waals surface area (Å²) in [6, 6.07) is 6.49. The molecular weight excluding hydrogens is 292 g/mol. The van der Waals surface area contributed by atoms with Crippen LogP contribution in [0.1, 0.15) is 37.4 Å². The number of nitrogens with zero attached hydrogens (tertiary/aromatic N) is 3. The van der Waals surface area contributed by atoms with E-state index in [0.717, 1.165) is 29.8 Å². The smallest absolute Gasteiger partial charge is 0.246 e. The van der Waals surface area contributed by atoms with Crippen molar-refractivity contribution in [3.05, 3.63) is 36.3 Å². The van der Waals surface area contributed by atoms with Gasteiger partial charge in [0.05, 0.1) is 24.0 Å². The lowest BCUT2D eigenvalue weighted by Gasteiger charge is -2.14. The van der Waals surface area contributed by atoms with Gasteiger partial charge >= 0.3 is 0 Å². The molecular formula is C17H22N4O2. The summed E-state index contributed by atoms with van der Waals surface area (Å²) in [5, 5.41) is 7.57. The van der Waals surface area contributed by atoms with Gasteiger partial charge in [-0.2, -0.15) is 5.10 Å². The van der Waals surface area contributed by atoms with E-state index in [2.05, 4.69) is 21.0 Å². The molecule has 1 fully saturated rings. The van der Waals surface area contributed by atoms with Gasteiger partial charge in [0.2, 0.25) is 5.91 Å². The van der Waals surface area contributed by atoms with E-state index in [9.17, 15) is 4.79 Å². The van der Waals surface area contributed by atoms with Crippen LogP contribution in [0.5, 0.6) is 0 Å². The third-order valence-corrected chi connectivity index (χ3v) is 4.18. The summed E-state index contributed by atoms with van der Waals surface area (Å²) < 4.78 is 6.95. The third-order valence-electron chi connectivity index (χ3n) is 4.18. The van der Waals surface area contributed by atoms with Gasteiger partial charge in [-0.1, -0.05) is 12.8 Å². The Morgan fingerprint density at radius 3 is 2.78 bits per heavy atom. The molecule has 1 aliphatic rings. The molecule has 0 aromatic carbocycles. The summed E-state index contributed by atoms with van der Waals surface area (Å²) in [6.45, 7) is 0.487. The van der Waals surface area contributed by atoms with E-state index in [1.165, 1.54) is 20.0 Å². The van der Waals surface area contributed by atoms with Gasteiger partial charge in [-0.3, -0.25) is 14.5 Å². The summed E-state index contributed by atoms with van der Waals surface area (Å²) in [5.41, 5.74) is 3.07. The Labute approximate surface area is 135 Å². The first-order valence-corrected chi connectivity index (χ1v) is 8.02. The predicted molar refractivity (Wildman–Crippen MR) is 86.7 cm³/mol. The number of aromatic nitrogens is 3. The van der Waals surface area contributed by atoms with Crippen molar-refractivity contribution in [3.8, 4) is 11.3 Å². The van der Waals surface area contributed by atoms with Crippen LogP contribution in [0.4, 0.5) is 0 Å². The first-order chi connectivity index (χ1) is 11.3. The van der Waals surface area contributed by atoms with E-state index in [0.29, 0.717) is 12.6 Å². The normalized spacial score (nSPS) is 15.0. The molecule has 0 saturated heterocycles. The fourth-order valence-electron chi connectivity index (χ4n) is 3.07. The van der Waals surface area contributed by atoms with Crippen LogP contribution in [0, 0.1) is 0 Å². The molecule has 0 atom stereocenters. The maximum atomic E-state index is 11.6. The molecule has 2 heterocycles. The number of rotatable bonds is 6. The van der Waals surface area contributed by atoms with E-state index >= 15 is 0 Å². The number of ether oxygens (including phenoxy) is 1. The van der Waals surface area contributed by atoms with Crippen molar-refractivity contribution < 1.29 is 9.53 Å². The number of hydrogen-bond donors (Lipinski definition) is 1. The molecule has 0 bridgehead atoms. The lowest BCUT2D eigenvalue weighted by atomic mass is 10.1. The van der Waals surface area contributed by atoms with E-state index in [4.69, 9.17) is 9.84 Å². The maximum absolute atomic E-state index is 11.6. The largest absolute Gasteiger partial charge is 0.375 e. The van der Waals surface area contributed by atoms with Gasteiger partial charge in [-0.05, 0) is 31.0 Å². The highest BCUT2D eigenvalue weighted by Crippen LogP contribution is 2.33. The first-order valence-electron chi connectivity index (χ1n) is 8.02. The summed E-state index contributed by atoms with van der Waals surface area (Å²) in [4.78, 5) is 15.6. The van der Waals surface area contributed by atoms with Crippen molar-refractivity contribution >= 4 is 5.91 Å². The Balaban J connectivity index is 1.83. The Bertz CT molecular complexity index is 648. The molecule has 6 nitrogen and oxygen atoms in total. The van der Waals surface area contributed by atoms with Crippen molar-refractivity contribution in [1.29, 1.82) is 0 Å². The van der Waals surface area contributed by atoms with Crippen LogP contribution < -0.4 is 5.32 Å². The summed E-state index contributed by atoms with van der Waals surface area (Å²) in [5.74, 6) is -0.131. The Morgan fingerprint density at radius 2 is 2.09 bits per heavy atom. The average molecular weight is 314 g/mol. The molecule has 1 aliphatic carbocycles. The van der Waals surface area contributed by atoms with Crippen LogP contribution in [0.2, 0.25) is 0 Å². The molecule has 6 heteroatoms. The Morgan fingerprint density at radius 1 is 1.35 bits per heavy atom. The highest BCUT2D eigenvalue weighted by molar-refractivity contribution is 5.77. The number of nitrogens with one attached hydrogen (secondary N) is 1. The van der Waals surface area contributed by atoms with Gasteiger partial charge < -0.3 is 10.1 Å². The zero-order valence-electron chi connectivity index (χ0n) is 13.4. The van der Waals surface area contributed by atoms with E-state index in [-0.39, 0.29) is 12.5 Å². The van der Waals surface area contributed by atoms with E-state index in [1.54, 1.807) is 12.4 Å². The maximum Gasteiger partial charge on any atom is 0.246 e. The minimum Gasteiger partial charge on any atom is -0.375 e. The second-order valence-electron chi connectivity index (χ2n) is 5.85. The highest BCUT2D eigenvalue weighted by Gasteiger charge is 2.22. The lowest BCUT2D eigenvalue weighted by molar-refractivity contribution is -0.124. The molecule has 2 aromatic heterocycles. The molecule has 122 valence electrons. The fraction of sp³-hybridized carbons (Fsp3) is 0.471. The molecule has 3 rings (SSSR count). The third kappa shape index (κ3) is 3.76. The van der Waals surface area contributed by atoms with Crippen LogP contribution in [0.25, 0.3) is 11.3 Å². The highest BCUT2D eigenvalue weighted by atomic mass is 16.5. The fourth-order valence-corrected chi connectivity index (χ4v) is 3.07. The Hall–Kier alpha value is -2.21. The van der Waals surface area contributed by atoms with Crippen LogP contribution in [0.3, 0.4) is 0 Å². The van der Waals surface area contributed by atoms with Crippen molar-refractivity contribution in [1.82, 2.24) is 20.1 Å². The second kappa shape index (κ2) is 7.37. The number of carbonyl (C=O) groups is 1. The minimum atomic E-state index is -0.131. The van der Waals surface area contributed by atoms with Gasteiger partial charge in [0, 0.05) is 25.1 Å². The summed E-state index contributed by atoms with van der Waals surface area (Å²) in [6.07, 6.45) is 8.41. The summed E-state index contributed by atoms with van der Waals surface area (Å²) in [7, 11) is 1.51. The predicted octanol–water partition coefficient (Wildman–Crippen LogP) is 2.32. The number of pyridine rings is 1. The topological polar surface area (TPSA) is 69.0 Å². The molecule has 0 radical (unpaired) electrons. The lowest BCUT2D eigenvalue weighted by Crippen LogP contribution is -2.26. The van der Waals surface area contributed by atoms with Crippen molar-refractivity contribution in [3.63, 3.8) is 0 Å². The van der Waals surface area contributed by atoms with Crippen molar-refractivity contribution in [2.24, 2.45) is 0 Å². The average Bonchev–Trinajstić information content (AvgIpc) is 3.23. The van der Waals surface area contributed by atoms with Crippen molar-refractivity contribution in [2.75, 3.05) is 13.7 Å². The van der Waals surface area contributed by atoms with E-state index in [1.807, 2.05) is 12.1 Å². The quantitative estimate of drug-likeness (QED) is 0.888. The molecule has 0 unspecified atom stereocenters. The van der Waals surface area contributed by atoms with Crippen molar-refractivity contribution in [2.45, 2.75) is 38.3 Å². The van der Waals surface area contributed by atoms with Gasteiger partial charge in [0.1, 0.15) is 6.61 Å². The number of methoxy groups -OCH3 is 1. The molecule has 1 saturated carbocycles. The monoisotopic (exact) mass is 314 g/mol. The van der Waals surface area contributed by atoms with Crippen LogP contribution in [-0.4, -0.2) is 34.4 Å². The van der Waals surface area contributed by atoms with Gasteiger partial charge in [0.25, 0.3) is 0 Å². The number of carbonyl (C=O) groups excluding carboxylic acids is 1. The second-order valence-corrected chi connectivity index (χ2v) is 5.85. The number of amides is 1. The zero-order chi connectivity index (χ0) is 16.1. The SMILES string of the molecule is COCC(=O)NCc1cc(-c2ccncc2)n(C2CCCC2)n1. The molecule has 0 aliphatic heterocycles. The van der Waals surface area contributed by atoms with Gasteiger partial charge in [0.15, 0.2) is 0 Å². The van der Waals surface area contributed by atoms with Crippen LogP contribution in [-0.2, 0) is 16.1 Å². The zero-order valence-corrected chi connectivity index (χ0v) is 13.4. The molecule has 1 amide bonds. The molecule has 23 heavy (non-hydrogen) atoms. The first kappa shape index (κ1) is 15.7. The standard InChI is InChI=1S/C17H22N4O2/c1-23-12-17(22)19-11-14-10-16(13-6-8-18-9-7-13)21(20-14)15-4-2-3-5-15/h6-10,15H,2-5,11-12H2,1H3,(H,19,22). The van der Waals surface area contributed by atoms with Gasteiger partial charge in [-0.15, -0.1) is 0 Å². The molecule has 2 aromatic rings. The molecule has 0 spiro atoms. The summed E-state index contributed by atoms with van der Waals surface area (Å²) >= 11 is 0. The van der Waals surface area contributed by atoms with Crippen LogP contribution >= 0.6 is 0 Å². The minimum absolute atomic E-state index is 0.0700. The van der Waals surface area contributed by atoms with Crippen LogP contribution in [0.15, 0.2) is 30.6 Å². The molecule has 1 N–H and O–H groups in total. The van der Waals surface area contributed by atoms with Gasteiger partial charge in [-0.25, -0.2) is 0 Å². The Kier molecular flexibility index (Phi) is 5.02. The number of hydrogen-bond acceptors (Lipinski definition) is 4.